The van der Waals surface area contributed by atoms with Crippen LogP contribution in [0.3, 0.4) is 0 Å². The zero-order chi connectivity index (χ0) is 20.9. The molecule has 2 rings (SSSR count). The number of ether oxygens (including phenoxy) is 2. The minimum atomic E-state index is -0.357. The molecule has 7 nitrogen and oxygen atoms in total. The van der Waals surface area contributed by atoms with Crippen LogP contribution in [0.25, 0.3) is 0 Å². The summed E-state index contributed by atoms with van der Waals surface area (Å²) in [4.78, 5) is 16.4. The van der Waals surface area contributed by atoms with Crippen molar-refractivity contribution >= 4 is 23.2 Å². The molecule has 1 amide bonds. The third kappa shape index (κ3) is 8.61. The highest BCUT2D eigenvalue weighted by molar-refractivity contribution is 5.97. The number of carbonyl (C=O) groups is 1. The van der Waals surface area contributed by atoms with Gasteiger partial charge in [-0.25, -0.2) is 9.38 Å². The first-order valence-corrected chi connectivity index (χ1v) is 9.43. The van der Waals surface area contributed by atoms with Gasteiger partial charge in [0.1, 0.15) is 18.1 Å². The van der Waals surface area contributed by atoms with Gasteiger partial charge in [0.05, 0.1) is 6.61 Å². The quantitative estimate of drug-likeness (QED) is 0.323. The number of anilines is 2. The Kier molecular flexibility index (Phi) is 9.44. The Labute approximate surface area is 170 Å². The van der Waals surface area contributed by atoms with Crippen molar-refractivity contribution in [3.63, 3.8) is 0 Å². The van der Waals surface area contributed by atoms with E-state index in [4.69, 9.17) is 9.47 Å². The summed E-state index contributed by atoms with van der Waals surface area (Å²) in [5.74, 6) is 0.544. The Morgan fingerprint density at radius 2 is 1.86 bits per heavy atom. The summed E-state index contributed by atoms with van der Waals surface area (Å²) in [7, 11) is 1.66. The lowest BCUT2D eigenvalue weighted by Crippen LogP contribution is -2.31. The van der Waals surface area contributed by atoms with Gasteiger partial charge in [0.15, 0.2) is 5.96 Å². The molecule has 0 atom stereocenters. The fourth-order valence-electron chi connectivity index (χ4n) is 2.39. The number of aliphatic imine (C=N–C) groups is 1. The van der Waals surface area contributed by atoms with Crippen LogP contribution in [-0.2, 0) is 9.53 Å². The predicted molar refractivity (Wildman–Crippen MR) is 113 cm³/mol. The normalized spacial score (nSPS) is 11.1. The summed E-state index contributed by atoms with van der Waals surface area (Å²) in [5.41, 5.74) is 1.30. The maximum Gasteiger partial charge on any atom is 0.246 e. The van der Waals surface area contributed by atoms with Gasteiger partial charge in [0.25, 0.3) is 0 Å². The lowest BCUT2D eigenvalue weighted by Gasteiger charge is -2.13. The van der Waals surface area contributed by atoms with E-state index >= 15 is 0 Å². The van der Waals surface area contributed by atoms with Gasteiger partial charge in [0, 0.05) is 44.1 Å². The molecule has 2 aromatic rings. The molecule has 0 radical (unpaired) electrons. The molecule has 0 spiro atoms. The molecule has 0 unspecified atom stereocenters. The van der Waals surface area contributed by atoms with Crippen LogP contribution < -0.4 is 20.7 Å². The lowest BCUT2D eigenvalue weighted by molar-refractivity contribution is -0.114. The molecule has 29 heavy (non-hydrogen) atoms. The van der Waals surface area contributed by atoms with Crippen LogP contribution in [0.2, 0.25) is 0 Å². The Morgan fingerprint density at radius 1 is 1.07 bits per heavy atom. The second-order valence-corrected chi connectivity index (χ2v) is 6.10. The van der Waals surface area contributed by atoms with Gasteiger partial charge in [-0.2, -0.15) is 0 Å². The lowest BCUT2D eigenvalue weighted by atomic mass is 10.3. The van der Waals surface area contributed by atoms with Crippen molar-refractivity contribution in [1.29, 1.82) is 0 Å². The molecular weight excluding hydrogens is 375 g/mol. The van der Waals surface area contributed by atoms with E-state index in [9.17, 15) is 9.18 Å². The minimum Gasteiger partial charge on any atom is -0.493 e. The van der Waals surface area contributed by atoms with E-state index in [0.29, 0.717) is 31.4 Å². The van der Waals surface area contributed by atoms with E-state index in [-0.39, 0.29) is 18.3 Å². The Morgan fingerprint density at radius 3 is 2.59 bits per heavy atom. The van der Waals surface area contributed by atoms with Crippen molar-refractivity contribution in [1.82, 2.24) is 5.32 Å². The molecule has 0 saturated heterocycles. The Hall–Kier alpha value is -3.13. The highest BCUT2D eigenvalue weighted by Gasteiger charge is 2.05. The van der Waals surface area contributed by atoms with Gasteiger partial charge in [-0.3, -0.25) is 4.79 Å². The van der Waals surface area contributed by atoms with E-state index < -0.39 is 0 Å². The van der Waals surface area contributed by atoms with E-state index in [1.165, 1.54) is 24.3 Å². The predicted octanol–water partition coefficient (Wildman–Crippen LogP) is 3.26. The summed E-state index contributed by atoms with van der Waals surface area (Å²) >= 11 is 0. The molecule has 156 valence electrons. The summed E-state index contributed by atoms with van der Waals surface area (Å²) in [5, 5.41) is 8.92. The van der Waals surface area contributed by atoms with E-state index in [0.717, 1.165) is 17.9 Å². The second kappa shape index (κ2) is 12.4. The summed E-state index contributed by atoms with van der Waals surface area (Å²) < 4.78 is 23.6. The number of halogens is 1. The van der Waals surface area contributed by atoms with Crippen molar-refractivity contribution in [2.75, 3.05) is 44.0 Å². The number of nitrogens with zero attached hydrogens (tertiary/aromatic N) is 1. The Balaban J connectivity index is 1.92. The zero-order valence-electron chi connectivity index (χ0n) is 16.7. The number of methoxy groups -OCH3 is 1. The highest BCUT2D eigenvalue weighted by Crippen LogP contribution is 2.17. The van der Waals surface area contributed by atoms with Crippen LogP contribution in [0.5, 0.6) is 5.75 Å². The van der Waals surface area contributed by atoms with Crippen molar-refractivity contribution in [2.45, 2.75) is 13.3 Å². The maximum atomic E-state index is 12.9. The topological polar surface area (TPSA) is 84.0 Å². The first-order valence-electron chi connectivity index (χ1n) is 9.43. The number of nitrogens with one attached hydrogen (secondary N) is 3. The fourth-order valence-corrected chi connectivity index (χ4v) is 2.39. The molecule has 0 fully saturated rings. The maximum absolute atomic E-state index is 12.9. The molecule has 0 heterocycles. The number of benzene rings is 2. The van der Waals surface area contributed by atoms with Gasteiger partial charge < -0.3 is 25.4 Å². The molecule has 0 bridgehead atoms. The summed E-state index contributed by atoms with van der Waals surface area (Å²) in [6.07, 6.45) is 0.807. The van der Waals surface area contributed by atoms with E-state index in [1.54, 1.807) is 7.11 Å². The molecule has 0 aromatic heterocycles. The smallest absolute Gasteiger partial charge is 0.246 e. The number of hydrogen-bond donors (Lipinski definition) is 3. The van der Waals surface area contributed by atoms with Gasteiger partial charge in [-0.1, -0.05) is 6.07 Å². The third-order valence-electron chi connectivity index (χ3n) is 3.71. The number of rotatable bonds is 10. The van der Waals surface area contributed by atoms with Crippen LogP contribution in [0.4, 0.5) is 15.8 Å². The molecule has 2 aromatic carbocycles. The van der Waals surface area contributed by atoms with Crippen molar-refractivity contribution in [3.05, 3.63) is 54.3 Å². The zero-order valence-corrected chi connectivity index (χ0v) is 16.7. The summed E-state index contributed by atoms with van der Waals surface area (Å²) in [6, 6.07) is 13.1. The van der Waals surface area contributed by atoms with Crippen molar-refractivity contribution < 1.29 is 18.7 Å². The van der Waals surface area contributed by atoms with Crippen molar-refractivity contribution in [3.8, 4) is 5.75 Å². The monoisotopic (exact) mass is 402 g/mol. The number of hydrogen-bond acceptors (Lipinski definition) is 4. The minimum absolute atomic E-state index is 0.0834. The first-order chi connectivity index (χ1) is 14.1. The molecule has 0 aliphatic rings. The second-order valence-electron chi connectivity index (χ2n) is 6.10. The fraction of sp³-hybridized carbons (Fsp3) is 0.333. The summed E-state index contributed by atoms with van der Waals surface area (Å²) in [6.45, 7) is 3.70. The number of amides is 1. The largest absolute Gasteiger partial charge is 0.493 e. The molecule has 8 heteroatoms. The first kappa shape index (κ1) is 22.2. The Bertz CT molecular complexity index is 797. The van der Waals surface area contributed by atoms with Gasteiger partial charge in [-0.05, 0) is 43.3 Å². The van der Waals surface area contributed by atoms with E-state index in [2.05, 4.69) is 20.9 Å². The van der Waals surface area contributed by atoms with Gasteiger partial charge in [0.2, 0.25) is 5.91 Å². The molecule has 0 aliphatic heterocycles. The third-order valence-corrected chi connectivity index (χ3v) is 3.71. The average molecular weight is 402 g/mol. The van der Waals surface area contributed by atoms with Crippen LogP contribution in [-0.4, -0.2) is 45.3 Å². The molecule has 3 N–H and O–H groups in total. The standard InChI is InChI=1S/C21H27FN4O3/c1-3-23-21(24-15-20(27)25-17-10-8-16(22)9-11-17)26-18-6-4-7-19(14-18)29-13-5-12-28-2/h4,6-11,14H,3,5,12-13,15H2,1-2H3,(H,25,27)(H2,23,24,26). The van der Waals surface area contributed by atoms with Crippen LogP contribution in [0.15, 0.2) is 53.5 Å². The molecular formula is C21H27FN4O3. The number of guanidine groups is 1. The average Bonchev–Trinajstić information content (AvgIpc) is 2.72. The molecule has 0 aliphatic carbocycles. The van der Waals surface area contributed by atoms with Gasteiger partial charge in [-0.15, -0.1) is 0 Å². The SMILES string of the molecule is CCNC(=NCC(=O)Nc1ccc(F)cc1)Nc1cccc(OCCCOC)c1. The van der Waals surface area contributed by atoms with Crippen LogP contribution in [0.1, 0.15) is 13.3 Å². The van der Waals surface area contributed by atoms with Crippen LogP contribution in [0, 0.1) is 5.82 Å². The van der Waals surface area contributed by atoms with Crippen LogP contribution >= 0.6 is 0 Å². The van der Waals surface area contributed by atoms with Crippen molar-refractivity contribution in [2.24, 2.45) is 4.99 Å². The molecule has 0 saturated carbocycles. The van der Waals surface area contributed by atoms with Gasteiger partial charge >= 0.3 is 0 Å². The number of carbonyl (C=O) groups excluding carboxylic acids is 1. The van der Waals surface area contributed by atoms with E-state index in [1.807, 2.05) is 31.2 Å². The highest BCUT2D eigenvalue weighted by atomic mass is 19.1.